The van der Waals surface area contributed by atoms with Crippen LogP contribution in [0.2, 0.25) is 0 Å². The van der Waals surface area contributed by atoms with Gasteiger partial charge in [0.15, 0.2) is 0 Å². The number of carbonyl (C=O) groups is 2. The minimum atomic E-state index is -0.355. The highest BCUT2D eigenvalue weighted by atomic mass is 32.2. The first-order valence-electron chi connectivity index (χ1n) is 8.38. The number of hydrogen-bond acceptors (Lipinski definition) is 4. The van der Waals surface area contributed by atoms with Gasteiger partial charge in [0.05, 0.1) is 11.0 Å². The molecule has 0 aliphatic carbocycles. The van der Waals surface area contributed by atoms with Crippen LogP contribution in [0.25, 0.3) is 0 Å². The number of anilines is 1. The normalized spacial score (nSPS) is 13.4. The Labute approximate surface area is 153 Å². The maximum atomic E-state index is 12.8. The molecule has 2 unspecified atom stereocenters. The number of carbonyl (C=O) groups excluding carboxylic acids is 2. The molecular formula is C18H28FN3O2S. The van der Waals surface area contributed by atoms with Crippen LogP contribution in [0, 0.1) is 11.7 Å². The summed E-state index contributed by atoms with van der Waals surface area (Å²) < 4.78 is 12.8. The van der Waals surface area contributed by atoms with Gasteiger partial charge in [-0.2, -0.15) is 0 Å². The van der Waals surface area contributed by atoms with E-state index in [-0.39, 0.29) is 34.7 Å². The number of hydrogen-bond donors (Lipinski definition) is 2. The molecule has 0 radical (unpaired) electrons. The van der Waals surface area contributed by atoms with E-state index in [1.165, 1.54) is 36.0 Å². The molecule has 0 bridgehead atoms. The molecule has 1 aromatic carbocycles. The van der Waals surface area contributed by atoms with Crippen molar-refractivity contribution >= 4 is 29.3 Å². The summed E-state index contributed by atoms with van der Waals surface area (Å²) in [5.41, 5.74) is 6.54. The van der Waals surface area contributed by atoms with Crippen molar-refractivity contribution in [1.29, 1.82) is 0 Å². The van der Waals surface area contributed by atoms with Crippen LogP contribution < -0.4 is 11.1 Å². The zero-order valence-electron chi connectivity index (χ0n) is 15.3. The zero-order valence-corrected chi connectivity index (χ0v) is 16.1. The van der Waals surface area contributed by atoms with Gasteiger partial charge in [-0.05, 0) is 43.5 Å². The quantitative estimate of drug-likeness (QED) is 0.702. The van der Waals surface area contributed by atoms with E-state index in [1.807, 2.05) is 0 Å². The molecule has 0 spiro atoms. The van der Waals surface area contributed by atoms with E-state index in [4.69, 9.17) is 5.73 Å². The Hall–Kier alpha value is -1.60. The molecule has 0 saturated carbocycles. The van der Waals surface area contributed by atoms with Crippen LogP contribution in [0.1, 0.15) is 27.2 Å². The fraction of sp³-hybridized carbons (Fsp3) is 0.556. The number of rotatable bonds is 9. The minimum absolute atomic E-state index is 0.0180. The van der Waals surface area contributed by atoms with Gasteiger partial charge in [-0.1, -0.05) is 13.8 Å². The van der Waals surface area contributed by atoms with Crippen molar-refractivity contribution in [1.82, 2.24) is 4.90 Å². The third-order valence-electron chi connectivity index (χ3n) is 3.97. The fourth-order valence-corrected chi connectivity index (χ4v) is 2.89. The topological polar surface area (TPSA) is 75.4 Å². The van der Waals surface area contributed by atoms with E-state index in [1.54, 1.807) is 18.9 Å². The monoisotopic (exact) mass is 369 g/mol. The van der Waals surface area contributed by atoms with E-state index < -0.39 is 0 Å². The van der Waals surface area contributed by atoms with E-state index in [2.05, 4.69) is 19.2 Å². The third kappa shape index (κ3) is 7.88. The van der Waals surface area contributed by atoms with Gasteiger partial charge in [0.2, 0.25) is 11.8 Å². The van der Waals surface area contributed by atoms with Crippen LogP contribution >= 0.6 is 11.8 Å². The number of nitrogens with zero attached hydrogens (tertiary/aromatic N) is 1. The van der Waals surface area contributed by atoms with Gasteiger partial charge in [-0.15, -0.1) is 11.8 Å². The molecule has 7 heteroatoms. The van der Waals surface area contributed by atoms with Crippen molar-refractivity contribution in [2.45, 2.75) is 38.5 Å². The lowest BCUT2D eigenvalue weighted by Gasteiger charge is -2.24. The Morgan fingerprint density at radius 1 is 1.24 bits per heavy atom. The first kappa shape index (κ1) is 21.4. The largest absolute Gasteiger partial charge is 0.345 e. The highest BCUT2D eigenvalue weighted by molar-refractivity contribution is 8.01. The molecule has 3 N–H and O–H groups in total. The van der Waals surface area contributed by atoms with Crippen molar-refractivity contribution < 1.29 is 14.0 Å². The summed E-state index contributed by atoms with van der Waals surface area (Å²) >= 11 is 1.28. The lowest BCUT2D eigenvalue weighted by molar-refractivity contribution is -0.129. The van der Waals surface area contributed by atoms with Gasteiger partial charge >= 0.3 is 0 Å². The molecule has 0 aromatic heterocycles. The van der Waals surface area contributed by atoms with Gasteiger partial charge in [-0.3, -0.25) is 9.59 Å². The van der Waals surface area contributed by atoms with Gasteiger partial charge in [0, 0.05) is 25.3 Å². The van der Waals surface area contributed by atoms with Crippen LogP contribution in [0.3, 0.4) is 0 Å². The lowest BCUT2D eigenvalue weighted by atomic mass is 10.0. The maximum absolute atomic E-state index is 12.8. The Kier molecular flexibility index (Phi) is 8.92. The summed E-state index contributed by atoms with van der Waals surface area (Å²) in [6.07, 6.45) is 0.752. The van der Waals surface area contributed by atoms with Gasteiger partial charge in [-0.25, -0.2) is 4.39 Å². The van der Waals surface area contributed by atoms with Crippen molar-refractivity contribution in [2.24, 2.45) is 11.7 Å². The number of nitrogens with one attached hydrogen (secondary N) is 1. The van der Waals surface area contributed by atoms with Crippen LogP contribution in [-0.2, 0) is 9.59 Å². The van der Waals surface area contributed by atoms with E-state index in [9.17, 15) is 14.0 Å². The predicted molar refractivity (Wildman–Crippen MR) is 102 cm³/mol. The molecule has 0 fully saturated rings. The molecule has 2 atom stereocenters. The fourth-order valence-electron chi connectivity index (χ4n) is 2.10. The van der Waals surface area contributed by atoms with Crippen molar-refractivity contribution in [3.63, 3.8) is 0 Å². The Morgan fingerprint density at radius 2 is 1.84 bits per heavy atom. The summed E-state index contributed by atoms with van der Waals surface area (Å²) in [5.74, 6) is -0.0579. The van der Waals surface area contributed by atoms with Crippen LogP contribution in [0.5, 0.6) is 0 Å². The molecule has 1 aromatic rings. The Bertz CT molecular complexity index is 566. The maximum Gasteiger partial charge on any atom is 0.235 e. The molecule has 2 amide bonds. The standard InChI is InChI=1S/C18H28FN3O2S/c1-12(2)16(20)9-10-22(4)18(24)13(3)25-11-17(23)21-15-7-5-14(19)6-8-15/h5-8,12-13,16H,9-11,20H2,1-4H3,(H,21,23). The first-order valence-corrected chi connectivity index (χ1v) is 9.43. The van der Waals surface area contributed by atoms with Crippen LogP contribution in [-0.4, -0.2) is 47.4 Å². The van der Waals surface area contributed by atoms with Crippen molar-refractivity contribution in [2.75, 3.05) is 24.7 Å². The van der Waals surface area contributed by atoms with Crippen LogP contribution in [0.15, 0.2) is 24.3 Å². The summed E-state index contributed by atoms with van der Waals surface area (Å²) in [7, 11) is 1.75. The summed E-state index contributed by atoms with van der Waals surface area (Å²) in [5, 5.41) is 2.36. The van der Waals surface area contributed by atoms with Gasteiger partial charge in [0.25, 0.3) is 0 Å². The average molecular weight is 370 g/mol. The third-order valence-corrected chi connectivity index (χ3v) is 5.10. The first-order chi connectivity index (χ1) is 11.7. The molecule has 0 aliphatic rings. The molecule has 1 rings (SSSR count). The summed E-state index contributed by atoms with van der Waals surface area (Å²) in [6, 6.07) is 5.63. The Morgan fingerprint density at radius 3 is 2.40 bits per heavy atom. The highest BCUT2D eigenvalue weighted by Crippen LogP contribution is 2.15. The minimum Gasteiger partial charge on any atom is -0.345 e. The van der Waals surface area contributed by atoms with Crippen molar-refractivity contribution in [3.05, 3.63) is 30.1 Å². The average Bonchev–Trinajstić information content (AvgIpc) is 2.58. The molecular weight excluding hydrogens is 341 g/mol. The van der Waals surface area contributed by atoms with E-state index in [0.717, 1.165) is 6.42 Å². The zero-order chi connectivity index (χ0) is 19.0. The summed E-state index contributed by atoms with van der Waals surface area (Å²) in [4.78, 5) is 25.9. The van der Waals surface area contributed by atoms with E-state index >= 15 is 0 Å². The summed E-state index contributed by atoms with van der Waals surface area (Å²) in [6.45, 7) is 6.51. The number of nitrogens with two attached hydrogens (primary N) is 1. The number of amides is 2. The highest BCUT2D eigenvalue weighted by Gasteiger charge is 2.20. The van der Waals surface area contributed by atoms with Crippen molar-refractivity contribution in [3.8, 4) is 0 Å². The number of halogens is 1. The Balaban J connectivity index is 2.36. The number of thioether (sulfide) groups is 1. The second-order valence-electron chi connectivity index (χ2n) is 6.46. The molecule has 140 valence electrons. The molecule has 0 aliphatic heterocycles. The second kappa shape index (κ2) is 10.4. The van der Waals surface area contributed by atoms with Gasteiger partial charge in [0.1, 0.15) is 5.82 Å². The predicted octanol–water partition coefficient (Wildman–Crippen LogP) is 2.72. The molecule has 0 heterocycles. The second-order valence-corrected chi connectivity index (χ2v) is 7.79. The SMILES string of the molecule is CC(SCC(=O)Nc1ccc(F)cc1)C(=O)N(C)CCC(N)C(C)C. The van der Waals surface area contributed by atoms with E-state index in [0.29, 0.717) is 18.2 Å². The number of benzene rings is 1. The van der Waals surface area contributed by atoms with Gasteiger partial charge < -0.3 is 16.0 Å². The molecule has 0 saturated heterocycles. The lowest BCUT2D eigenvalue weighted by Crippen LogP contribution is -2.38. The molecule has 5 nitrogen and oxygen atoms in total. The smallest absolute Gasteiger partial charge is 0.235 e. The van der Waals surface area contributed by atoms with Crippen LogP contribution in [0.4, 0.5) is 10.1 Å². The molecule has 25 heavy (non-hydrogen) atoms.